The average Bonchev–Trinajstić information content (AvgIpc) is 2.33. The van der Waals surface area contributed by atoms with Crippen LogP contribution in [0.1, 0.15) is 19.4 Å². The number of hydrogen-bond acceptors (Lipinski definition) is 4. The van der Waals surface area contributed by atoms with Crippen molar-refractivity contribution >= 4 is 17.7 Å². The maximum atomic E-state index is 11.1. The van der Waals surface area contributed by atoms with Crippen molar-refractivity contribution in [1.29, 1.82) is 0 Å². The summed E-state index contributed by atoms with van der Waals surface area (Å²) in [6, 6.07) is 10.1. The summed E-state index contributed by atoms with van der Waals surface area (Å²) in [6.45, 7) is -0.00885. The summed E-state index contributed by atoms with van der Waals surface area (Å²) >= 11 is 1.70. The number of carbonyl (C=O) groups is 1. The molecule has 1 aromatic carbocycles. The standard InChI is InChI=1S/C12H16O3S.CH4/c13-7-8-15-12(14)6-9-16-10-11-4-2-1-3-5-11;/h1-5,13H,6-10H2;1H4. The lowest BCUT2D eigenvalue weighted by Crippen LogP contribution is -2.08. The van der Waals surface area contributed by atoms with Gasteiger partial charge in [-0.25, -0.2) is 0 Å². The van der Waals surface area contributed by atoms with E-state index in [1.807, 2.05) is 18.2 Å². The van der Waals surface area contributed by atoms with Crippen LogP contribution < -0.4 is 0 Å². The van der Waals surface area contributed by atoms with Crippen LogP contribution in [0, 0.1) is 0 Å². The second kappa shape index (κ2) is 10.2. The van der Waals surface area contributed by atoms with Gasteiger partial charge in [-0.3, -0.25) is 4.79 Å². The molecule has 0 unspecified atom stereocenters. The van der Waals surface area contributed by atoms with Crippen LogP contribution >= 0.6 is 11.8 Å². The summed E-state index contributed by atoms with van der Waals surface area (Å²) in [6.07, 6.45) is 0.400. The second-order valence-electron chi connectivity index (χ2n) is 3.23. The monoisotopic (exact) mass is 256 g/mol. The summed E-state index contributed by atoms with van der Waals surface area (Å²) < 4.78 is 4.74. The minimum Gasteiger partial charge on any atom is -0.463 e. The fourth-order valence-electron chi connectivity index (χ4n) is 1.15. The number of aliphatic hydroxyl groups is 1. The molecule has 0 aromatic heterocycles. The van der Waals surface area contributed by atoms with Gasteiger partial charge in [0.15, 0.2) is 0 Å². The van der Waals surface area contributed by atoms with Gasteiger partial charge < -0.3 is 9.84 Å². The first kappa shape index (κ1) is 16.0. The molecule has 0 bridgehead atoms. The Bertz CT molecular complexity index is 301. The molecule has 1 rings (SSSR count). The highest BCUT2D eigenvalue weighted by atomic mass is 32.2. The Labute approximate surface area is 107 Å². The first-order valence-corrected chi connectivity index (χ1v) is 6.36. The molecule has 1 aromatic rings. The fourth-order valence-corrected chi connectivity index (χ4v) is 2.03. The molecule has 0 radical (unpaired) electrons. The van der Waals surface area contributed by atoms with Crippen LogP contribution in [0.5, 0.6) is 0 Å². The Morgan fingerprint density at radius 1 is 1.29 bits per heavy atom. The largest absolute Gasteiger partial charge is 0.463 e. The van der Waals surface area contributed by atoms with Crippen molar-refractivity contribution in [2.75, 3.05) is 19.0 Å². The third kappa shape index (κ3) is 7.82. The molecule has 1 N–H and O–H groups in total. The first-order valence-electron chi connectivity index (χ1n) is 5.21. The molecule has 17 heavy (non-hydrogen) atoms. The molecule has 0 amide bonds. The first-order chi connectivity index (χ1) is 7.83. The lowest BCUT2D eigenvalue weighted by Gasteiger charge is -2.03. The summed E-state index contributed by atoms with van der Waals surface area (Å²) in [5, 5.41) is 8.45. The van der Waals surface area contributed by atoms with Crippen LogP contribution in [0.4, 0.5) is 0 Å². The van der Waals surface area contributed by atoms with Crippen LogP contribution in [-0.2, 0) is 15.3 Å². The fraction of sp³-hybridized carbons (Fsp3) is 0.462. The number of benzene rings is 1. The van der Waals surface area contributed by atoms with Gasteiger partial charge in [0.1, 0.15) is 6.61 Å². The average molecular weight is 256 g/mol. The molecule has 0 heterocycles. The van der Waals surface area contributed by atoms with Crippen molar-refractivity contribution in [1.82, 2.24) is 0 Å². The lowest BCUT2D eigenvalue weighted by atomic mass is 10.2. The normalized spacial score (nSPS) is 9.47. The maximum absolute atomic E-state index is 11.1. The topological polar surface area (TPSA) is 46.5 Å². The van der Waals surface area contributed by atoms with Crippen LogP contribution in [0.25, 0.3) is 0 Å². The third-order valence-corrected chi connectivity index (χ3v) is 2.95. The van der Waals surface area contributed by atoms with Crippen LogP contribution in [0.3, 0.4) is 0 Å². The highest BCUT2D eigenvalue weighted by molar-refractivity contribution is 7.98. The number of carbonyl (C=O) groups excluding carboxylic acids is 1. The van der Waals surface area contributed by atoms with E-state index in [1.54, 1.807) is 11.8 Å². The van der Waals surface area contributed by atoms with Crippen LogP contribution in [0.15, 0.2) is 30.3 Å². The Balaban J connectivity index is 0.00000256. The van der Waals surface area contributed by atoms with Gasteiger partial charge in [0.2, 0.25) is 0 Å². The quantitative estimate of drug-likeness (QED) is 0.601. The van der Waals surface area contributed by atoms with E-state index < -0.39 is 0 Å². The summed E-state index contributed by atoms with van der Waals surface area (Å²) in [7, 11) is 0. The minimum atomic E-state index is -0.241. The molecule has 0 aliphatic heterocycles. The van der Waals surface area contributed by atoms with Crippen LogP contribution in [-0.4, -0.2) is 30.0 Å². The van der Waals surface area contributed by atoms with E-state index in [9.17, 15) is 4.79 Å². The van der Waals surface area contributed by atoms with Gasteiger partial charge in [-0.2, -0.15) is 11.8 Å². The van der Waals surface area contributed by atoms with E-state index in [0.29, 0.717) is 6.42 Å². The molecule has 0 saturated carbocycles. The Morgan fingerprint density at radius 3 is 2.65 bits per heavy atom. The maximum Gasteiger partial charge on any atom is 0.306 e. The number of hydrogen-bond donors (Lipinski definition) is 1. The zero-order valence-corrected chi connectivity index (χ0v) is 9.91. The zero-order valence-electron chi connectivity index (χ0n) is 9.09. The summed E-state index contributed by atoms with van der Waals surface area (Å²) in [4.78, 5) is 11.1. The molecule has 0 saturated heterocycles. The van der Waals surface area contributed by atoms with Crippen molar-refractivity contribution < 1.29 is 14.6 Å². The van der Waals surface area contributed by atoms with Crippen molar-refractivity contribution in [2.24, 2.45) is 0 Å². The predicted molar refractivity (Wildman–Crippen MR) is 72.0 cm³/mol. The van der Waals surface area contributed by atoms with E-state index >= 15 is 0 Å². The zero-order chi connectivity index (χ0) is 11.6. The molecule has 0 atom stereocenters. The van der Waals surface area contributed by atoms with Gasteiger partial charge in [0, 0.05) is 11.5 Å². The molecule has 0 fully saturated rings. The van der Waals surface area contributed by atoms with Gasteiger partial charge in [0.05, 0.1) is 13.0 Å². The number of ether oxygens (including phenoxy) is 1. The number of aliphatic hydroxyl groups excluding tert-OH is 1. The van der Waals surface area contributed by atoms with E-state index in [4.69, 9.17) is 9.84 Å². The van der Waals surface area contributed by atoms with Gasteiger partial charge in [0.25, 0.3) is 0 Å². The lowest BCUT2D eigenvalue weighted by molar-refractivity contribution is -0.144. The third-order valence-electron chi connectivity index (χ3n) is 1.92. The van der Waals surface area contributed by atoms with E-state index in [2.05, 4.69) is 12.1 Å². The number of thioether (sulfide) groups is 1. The van der Waals surface area contributed by atoms with Crippen LogP contribution in [0.2, 0.25) is 0 Å². The molecule has 3 nitrogen and oxygen atoms in total. The summed E-state index contributed by atoms with van der Waals surface area (Å²) in [5.74, 6) is 1.42. The van der Waals surface area contributed by atoms with Gasteiger partial charge in [-0.1, -0.05) is 37.8 Å². The van der Waals surface area contributed by atoms with Crippen molar-refractivity contribution in [3.05, 3.63) is 35.9 Å². The highest BCUT2D eigenvalue weighted by Gasteiger charge is 2.01. The Hall–Kier alpha value is -1.00. The molecular formula is C13H20O3S. The SMILES string of the molecule is C.O=C(CCSCc1ccccc1)OCCO. The minimum absolute atomic E-state index is 0. The molecule has 0 spiro atoms. The van der Waals surface area contributed by atoms with Gasteiger partial charge >= 0.3 is 5.97 Å². The van der Waals surface area contributed by atoms with Crippen molar-refractivity contribution in [2.45, 2.75) is 19.6 Å². The highest BCUT2D eigenvalue weighted by Crippen LogP contribution is 2.12. The number of esters is 1. The van der Waals surface area contributed by atoms with E-state index in [0.717, 1.165) is 11.5 Å². The number of rotatable bonds is 7. The smallest absolute Gasteiger partial charge is 0.306 e. The Morgan fingerprint density at radius 2 is 2.00 bits per heavy atom. The van der Waals surface area contributed by atoms with Gasteiger partial charge in [-0.05, 0) is 5.56 Å². The second-order valence-corrected chi connectivity index (χ2v) is 4.34. The predicted octanol–water partition coefficient (Wildman–Crippen LogP) is 2.48. The Kier molecular flexibility index (Phi) is 9.57. The molecule has 0 aliphatic rings. The van der Waals surface area contributed by atoms with Gasteiger partial charge in [-0.15, -0.1) is 0 Å². The van der Waals surface area contributed by atoms with Crippen molar-refractivity contribution in [3.8, 4) is 0 Å². The molecule has 0 aliphatic carbocycles. The van der Waals surface area contributed by atoms with E-state index in [-0.39, 0.29) is 26.6 Å². The van der Waals surface area contributed by atoms with E-state index in [1.165, 1.54) is 5.56 Å². The van der Waals surface area contributed by atoms with Crippen molar-refractivity contribution in [3.63, 3.8) is 0 Å². The molecule has 96 valence electrons. The molecule has 4 heteroatoms. The molecular weight excluding hydrogens is 236 g/mol. The summed E-state index contributed by atoms with van der Waals surface area (Å²) in [5.41, 5.74) is 1.26.